The largest absolute Gasteiger partial charge is 0.352 e. The number of carbonyl (C=O) groups excluding carboxylic acids is 1. The molecule has 1 aromatic rings. The summed E-state index contributed by atoms with van der Waals surface area (Å²) >= 11 is 12.1. The molecule has 0 spiro atoms. The van der Waals surface area contributed by atoms with Crippen LogP contribution in [0.5, 0.6) is 0 Å². The lowest BCUT2D eigenvalue weighted by Crippen LogP contribution is -2.45. The molecule has 7 heteroatoms. The van der Waals surface area contributed by atoms with Crippen molar-refractivity contribution in [2.24, 2.45) is 10.9 Å². The molecule has 2 rings (SSSR count). The van der Waals surface area contributed by atoms with E-state index >= 15 is 0 Å². The van der Waals surface area contributed by atoms with Gasteiger partial charge in [-0.2, -0.15) is 0 Å². The van der Waals surface area contributed by atoms with Crippen molar-refractivity contribution in [3.05, 3.63) is 33.8 Å². The van der Waals surface area contributed by atoms with Gasteiger partial charge in [0.25, 0.3) is 0 Å². The first-order chi connectivity index (χ1) is 11.4. The Labute approximate surface area is 153 Å². The van der Waals surface area contributed by atoms with Gasteiger partial charge in [-0.05, 0) is 24.1 Å². The van der Waals surface area contributed by atoms with Crippen LogP contribution in [-0.4, -0.2) is 42.9 Å². The molecule has 1 aliphatic rings. The maximum absolute atomic E-state index is 12.0. The lowest BCUT2D eigenvalue weighted by molar-refractivity contribution is -0.133. The van der Waals surface area contributed by atoms with Crippen LogP contribution in [0.3, 0.4) is 0 Å². The molecule has 0 saturated carbocycles. The van der Waals surface area contributed by atoms with Gasteiger partial charge in [0.15, 0.2) is 5.96 Å². The number of aliphatic imine (C=N–C) groups is 1. The van der Waals surface area contributed by atoms with E-state index in [1.165, 1.54) is 0 Å². The smallest absolute Gasteiger partial charge is 0.225 e. The first-order valence-electron chi connectivity index (χ1n) is 8.10. The second kappa shape index (κ2) is 8.58. The Morgan fingerprint density at radius 1 is 1.42 bits per heavy atom. The molecule has 0 aliphatic carbocycles. The highest BCUT2D eigenvalue weighted by atomic mass is 35.5. The highest BCUT2D eigenvalue weighted by Gasteiger charge is 2.27. The molecule has 1 aromatic carbocycles. The summed E-state index contributed by atoms with van der Waals surface area (Å²) in [5.74, 6) is 0.938. The van der Waals surface area contributed by atoms with Crippen LogP contribution >= 0.6 is 23.2 Å². The highest BCUT2D eigenvalue weighted by Crippen LogP contribution is 2.20. The van der Waals surface area contributed by atoms with Crippen molar-refractivity contribution in [1.29, 1.82) is 0 Å². The summed E-state index contributed by atoms with van der Waals surface area (Å²) in [4.78, 5) is 18.2. The fourth-order valence-electron chi connectivity index (χ4n) is 2.68. The van der Waals surface area contributed by atoms with E-state index in [9.17, 15) is 4.79 Å². The van der Waals surface area contributed by atoms with E-state index in [4.69, 9.17) is 23.2 Å². The third-order valence-corrected chi connectivity index (χ3v) is 4.61. The number of hydrogen-bond donors (Lipinski definition) is 2. The zero-order valence-electron chi connectivity index (χ0n) is 14.3. The molecule has 1 saturated heterocycles. The molecule has 0 aromatic heterocycles. The molecule has 0 bridgehead atoms. The summed E-state index contributed by atoms with van der Waals surface area (Å²) in [6.07, 6.45) is 0.918. The van der Waals surface area contributed by atoms with Crippen LogP contribution in [-0.2, 0) is 11.3 Å². The van der Waals surface area contributed by atoms with E-state index in [0.29, 0.717) is 29.1 Å². The minimum absolute atomic E-state index is 0.0354. The molecule has 1 unspecified atom stereocenters. The van der Waals surface area contributed by atoms with Crippen LogP contribution in [0, 0.1) is 5.92 Å². The SMILES string of the molecule is CN=C(NCc1ccc(Cl)cc1Cl)NC1CCN(C(=O)C(C)C)C1. The molecule has 1 amide bonds. The molecule has 132 valence electrons. The Morgan fingerprint density at radius 3 is 2.79 bits per heavy atom. The molecule has 5 nitrogen and oxygen atoms in total. The van der Waals surface area contributed by atoms with Crippen molar-refractivity contribution >= 4 is 35.1 Å². The first-order valence-corrected chi connectivity index (χ1v) is 8.86. The Bertz CT molecular complexity index is 619. The molecule has 24 heavy (non-hydrogen) atoms. The average Bonchev–Trinajstić information content (AvgIpc) is 3.00. The van der Waals surface area contributed by atoms with Crippen LogP contribution in [0.1, 0.15) is 25.8 Å². The van der Waals surface area contributed by atoms with Gasteiger partial charge in [-0.3, -0.25) is 9.79 Å². The van der Waals surface area contributed by atoms with Gasteiger partial charge in [0.1, 0.15) is 0 Å². The van der Waals surface area contributed by atoms with E-state index in [-0.39, 0.29) is 17.9 Å². The molecule has 1 aliphatic heterocycles. The van der Waals surface area contributed by atoms with Crippen molar-refractivity contribution in [3.63, 3.8) is 0 Å². The third-order valence-electron chi connectivity index (χ3n) is 4.02. The quantitative estimate of drug-likeness (QED) is 0.632. The van der Waals surface area contributed by atoms with Gasteiger partial charge in [0.05, 0.1) is 0 Å². The molecular weight excluding hydrogens is 347 g/mol. The van der Waals surface area contributed by atoms with Crippen molar-refractivity contribution in [2.75, 3.05) is 20.1 Å². The number of halogens is 2. The van der Waals surface area contributed by atoms with E-state index in [0.717, 1.165) is 18.5 Å². The number of likely N-dealkylation sites (tertiary alicyclic amines) is 1. The normalized spacial score (nSPS) is 18.2. The highest BCUT2D eigenvalue weighted by molar-refractivity contribution is 6.35. The number of carbonyl (C=O) groups is 1. The van der Waals surface area contributed by atoms with Crippen LogP contribution in [0.15, 0.2) is 23.2 Å². The average molecular weight is 371 g/mol. The van der Waals surface area contributed by atoms with Crippen molar-refractivity contribution in [3.8, 4) is 0 Å². The first kappa shape index (κ1) is 18.9. The summed E-state index contributed by atoms with van der Waals surface area (Å²) in [7, 11) is 1.73. The summed E-state index contributed by atoms with van der Waals surface area (Å²) < 4.78 is 0. The predicted molar refractivity (Wildman–Crippen MR) is 99.6 cm³/mol. The number of hydrogen-bond acceptors (Lipinski definition) is 2. The molecule has 1 heterocycles. The predicted octanol–water partition coefficient (Wildman–Crippen LogP) is 2.92. The van der Waals surface area contributed by atoms with Crippen LogP contribution < -0.4 is 10.6 Å². The maximum Gasteiger partial charge on any atom is 0.225 e. The van der Waals surface area contributed by atoms with Crippen LogP contribution in [0.25, 0.3) is 0 Å². The second-order valence-electron chi connectivity index (χ2n) is 6.23. The van der Waals surface area contributed by atoms with Crippen LogP contribution in [0.2, 0.25) is 10.0 Å². The zero-order chi connectivity index (χ0) is 17.7. The number of nitrogens with one attached hydrogen (secondary N) is 2. The molecule has 2 N–H and O–H groups in total. The second-order valence-corrected chi connectivity index (χ2v) is 7.07. The lowest BCUT2D eigenvalue weighted by Gasteiger charge is -2.20. The van der Waals surface area contributed by atoms with Crippen molar-refractivity contribution < 1.29 is 4.79 Å². The van der Waals surface area contributed by atoms with E-state index < -0.39 is 0 Å². The zero-order valence-corrected chi connectivity index (χ0v) is 15.8. The summed E-state index contributed by atoms with van der Waals surface area (Å²) in [6.45, 7) is 5.91. The monoisotopic (exact) mass is 370 g/mol. The Morgan fingerprint density at radius 2 is 2.17 bits per heavy atom. The van der Waals surface area contributed by atoms with Gasteiger partial charge >= 0.3 is 0 Å². The van der Waals surface area contributed by atoms with Crippen LogP contribution in [0.4, 0.5) is 0 Å². The number of amides is 1. The van der Waals surface area contributed by atoms with Gasteiger partial charge in [0.2, 0.25) is 5.91 Å². The molecular formula is C17H24Cl2N4O. The Hall–Kier alpha value is -1.46. The minimum atomic E-state index is 0.0354. The number of nitrogens with zero attached hydrogens (tertiary/aromatic N) is 2. The van der Waals surface area contributed by atoms with Gasteiger partial charge in [-0.25, -0.2) is 0 Å². The van der Waals surface area contributed by atoms with Crippen molar-refractivity contribution in [2.45, 2.75) is 32.9 Å². The van der Waals surface area contributed by atoms with E-state index in [1.54, 1.807) is 13.1 Å². The van der Waals surface area contributed by atoms with Gasteiger partial charge in [-0.15, -0.1) is 0 Å². The molecule has 0 radical (unpaired) electrons. The Kier molecular flexibility index (Phi) is 6.75. The topological polar surface area (TPSA) is 56.7 Å². The third kappa shape index (κ3) is 5.02. The standard InChI is InChI=1S/C17H24Cl2N4O/c1-11(2)16(24)23-7-6-14(10-23)22-17(20-3)21-9-12-4-5-13(18)8-15(12)19/h4-5,8,11,14H,6-7,9-10H2,1-3H3,(H2,20,21,22). The van der Waals surface area contributed by atoms with Gasteiger partial charge < -0.3 is 15.5 Å². The summed E-state index contributed by atoms with van der Waals surface area (Å²) in [5, 5.41) is 7.86. The van der Waals surface area contributed by atoms with E-state index in [1.807, 2.05) is 30.9 Å². The summed E-state index contributed by atoms with van der Waals surface area (Å²) in [6, 6.07) is 5.64. The fourth-order valence-corrected chi connectivity index (χ4v) is 3.15. The minimum Gasteiger partial charge on any atom is -0.352 e. The van der Waals surface area contributed by atoms with Gasteiger partial charge in [0, 0.05) is 48.7 Å². The molecule has 1 atom stereocenters. The maximum atomic E-state index is 12.0. The fraction of sp³-hybridized carbons (Fsp3) is 0.529. The van der Waals surface area contributed by atoms with Crippen molar-refractivity contribution in [1.82, 2.24) is 15.5 Å². The number of benzene rings is 1. The van der Waals surface area contributed by atoms with E-state index in [2.05, 4.69) is 15.6 Å². The summed E-state index contributed by atoms with van der Waals surface area (Å²) in [5.41, 5.74) is 0.951. The van der Waals surface area contributed by atoms with Gasteiger partial charge in [-0.1, -0.05) is 43.1 Å². The lowest BCUT2D eigenvalue weighted by atomic mass is 10.2. The number of rotatable bonds is 4. The Balaban J connectivity index is 1.86. The molecule has 1 fully saturated rings. The number of guanidine groups is 1.